The van der Waals surface area contributed by atoms with E-state index in [9.17, 15) is 0 Å². The molecule has 0 aliphatic heterocycles. The van der Waals surface area contributed by atoms with Gasteiger partial charge in [0.25, 0.3) is 0 Å². The standard InChI is InChI=1S/C8H16S/c1-6-4-8(6,3)5-7(2)9/h6-7,9H,4-5H2,1-3H3. The van der Waals surface area contributed by atoms with E-state index in [1.165, 1.54) is 12.8 Å². The predicted octanol–water partition coefficient (Wildman–Crippen LogP) is 2.74. The highest BCUT2D eigenvalue weighted by atomic mass is 32.1. The maximum Gasteiger partial charge on any atom is -0.000631 e. The Labute approximate surface area is 63.4 Å². The molecule has 0 radical (unpaired) electrons. The van der Waals surface area contributed by atoms with E-state index in [2.05, 4.69) is 33.4 Å². The van der Waals surface area contributed by atoms with Crippen molar-refractivity contribution >= 4 is 12.6 Å². The van der Waals surface area contributed by atoms with Gasteiger partial charge in [0.05, 0.1) is 0 Å². The monoisotopic (exact) mass is 144 g/mol. The molecule has 54 valence electrons. The molecule has 1 aliphatic carbocycles. The fraction of sp³-hybridized carbons (Fsp3) is 1.00. The van der Waals surface area contributed by atoms with Crippen molar-refractivity contribution in [1.82, 2.24) is 0 Å². The van der Waals surface area contributed by atoms with E-state index in [4.69, 9.17) is 0 Å². The van der Waals surface area contributed by atoms with Gasteiger partial charge >= 0.3 is 0 Å². The fourth-order valence-electron chi connectivity index (χ4n) is 1.60. The molecule has 0 aromatic heterocycles. The highest BCUT2D eigenvalue weighted by Crippen LogP contribution is 2.55. The molecule has 9 heavy (non-hydrogen) atoms. The highest BCUT2D eigenvalue weighted by Gasteiger charge is 2.46. The Morgan fingerprint density at radius 2 is 2.22 bits per heavy atom. The van der Waals surface area contributed by atoms with Crippen LogP contribution in [0.2, 0.25) is 0 Å². The summed E-state index contributed by atoms with van der Waals surface area (Å²) in [5.41, 5.74) is 0.654. The van der Waals surface area contributed by atoms with Crippen LogP contribution in [0.1, 0.15) is 33.6 Å². The van der Waals surface area contributed by atoms with Crippen LogP contribution in [0, 0.1) is 11.3 Å². The second-order valence-corrected chi connectivity index (χ2v) is 4.69. The van der Waals surface area contributed by atoms with Crippen LogP contribution in [0.4, 0.5) is 0 Å². The van der Waals surface area contributed by atoms with E-state index in [0.717, 1.165) is 5.92 Å². The van der Waals surface area contributed by atoms with Crippen molar-refractivity contribution in [2.45, 2.75) is 38.9 Å². The maximum absolute atomic E-state index is 4.37. The summed E-state index contributed by atoms with van der Waals surface area (Å²) in [4.78, 5) is 0. The lowest BCUT2D eigenvalue weighted by molar-refractivity contribution is 0.476. The van der Waals surface area contributed by atoms with E-state index in [1.54, 1.807) is 0 Å². The minimum Gasteiger partial charge on any atom is -0.176 e. The second kappa shape index (κ2) is 2.19. The smallest absolute Gasteiger partial charge is 0.000631 e. The van der Waals surface area contributed by atoms with Gasteiger partial charge in [0.15, 0.2) is 0 Å². The van der Waals surface area contributed by atoms with E-state index in [-0.39, 0.29) is 0 Å². The first kappa shape index (κ1) is 7.46. The van der Waals surface area contributed by atoms with E-state index in [0.29, 0.717) is 10.7 Å². The normalized spacial score (nSPS) is 44.7. The van der Waals surface area contributed by atoms with E-state index < -0.39 is 0 Å². The van der Waals surface area contributed by atoms with Crippen LogP contribution in [0.5, 0.6) is 0 Å². The third kappa shape index (κ3) is 1.64. The summed E-state index contributed by atoms with van der Waals surface area (Å²) in [5.74, 6) is 0.951. The molecule has 1 rings (SSSR count). The molecule has 0 nitrogen and oxygen atoms in total. The van der Waals surface area contributed by atoms with Gasteiger partial charge in [0.2, 0.25) is 0 Å². The van der Waals surface area contributed by atoms with Crippen molar-refractivity contribution in [3.05, 3.63) is 0 Å². The Kier molecular flexibility index (Phi) is 1.81. The summed E-state index contributed by atoms with van der Waals surface area (Å²) in [6, 6.07) is 0. The fourth-order valence-corrected chi connectivity index (χ4v) is 2.02. The maximum atomic E-state index is 4.37. The molecule has 0 aromatic rings. The molecule has 0 N–H and O–H groups in total. The largest absolute Gasteiger partial charge is 0.176 e. The van der Waals surface area contributed by atoms with Crippen LogP contribution in [-0.2, 0) is 0 Å². The Morgan fingerprint density at radius 1 is 1.78 bits per heavy atom. The molecule has 0 bridgehead atoms. The van der Waals surface area contributed by atoms with Crippen molar-refractivity contribution in [3.63, 3.8) is 0 Å². The quantitative estimate of drug-likeness (QED) is 0.566. The van der Waals surface area contributed by atoms with Crippen LogP contribution < -0.4 is 0 Å². The Bertz CT molecular complexity index is 109. The van der Waals surface area contributed by atoms with Gasteiger partial charge in [-0.1, -0.05) is 20.8 Å². The minimum absolute atomic E-state index is 0.583. The summed E-state index contributed by atoms with van der Waals surface area (Å²) in [5, 5.41) is 0.583. The van der Waals surface area contributed by atoms with Gasteiger partial charge in [-0.15, -0.1) is 0 Å². The molecule has 3 unspecified atom stereocenters. The van der Waals surface area contributed by atoms with Gasteiger partial charge in [0.1, 0.15) is 0 Å². The van der Waals surface area contributed by atoms with Crippen LogP contribution in [0.15, 0.2) is 0 Å². The average Bonchev–Trinajstić information content (AvgIpc) is 2.10. The van der Waals surface area contributed by atoms with Crippen molar-refractivity contribution in [2.24, 2.45) is 11.3 Å². The Balaban J connectivity index is 2.29. The van der Waals surface area contributed by atoms with Gasteiger partial charge in [-0.05, 0) is 29.4 Å². The molecule has 1 saturated carbocycles. The molecule has 0 spiro atoms. The second-order valence-electron chi connectivity index (χ2n) is 3.81. The van der Waals surface area contributed by atoms with Crippen molar-refractivity contribution in [2.75, 3.05) is 0 Å². The molecule has 3 atom stereocenters. The Hall–Kier alpha value is 0.350. The zero-order valence-corrected chi connectivity index (χ0v) is 7.41. The van der Waals surface area contributed by atoms with Gasteiger partial charge in [-0.25, -0.2) is 0 Å². The number of rotatable bonds is 2. The third-order valence-corrected chi connectivity index (χ3v) is 2.75. The molecule has 1 heteroatoms. The molecular formula is C8H16S. The third-order valence-electron chi connectivity index (χ3n) is 2.56. The SMILES string of the molecule is CC(S)CC1(C)CC1C. The first-order chi connectivity index (χ1) is 4.04. The van der Waals surface area contributed by atoms with E-state index >= 15 is 0 Å². The summed E-state index contributed by atoms with van der Waals surface area (Å²) in [7, 11) is 0. The van der Waals surface area contributed by atoms with Crippen molar-refractivity contribution < 1.29 is 0 Å². The topological polar surface area (TPSA) is 0 Å². The highest BCUT2D eigenvalue weighted by molar-refractivity contribution is 7.80. The minimum atomic E-state index is 0.583. The number of thiol groups is 1. The van der Waals surface area contributed by atoms with Crippen molar-refractivity contribution in [3.8, 4) is 0 Å². The lowest BCUT2D eigenvalue weighted by atomic mass is 10.0. The molecule has 0 saturated heterocycles. The van der Waals surface area contributed by atoms with Crippen LogP contribution in [0.25, 0.3) is 0 Å². The van der Waals surface area contributed by atoms with Gasteiger partial charge in [-0.3, -0.25) is 0 Å². The number of hydrogen-bond acceptors (Lipinski definition) is 1. The first-order valence-electron chi connectivity index (χ1n) is 3.73. The van der Waals surface area contributed by atoms with Crippen LogP contribution >= 0.6 is 12.6 Å². The summed E-state index contributed by atoms with van der Waals surface area (Å²) in [6.07, 6.45) is 2.70. The zero-order chi connectivity index (χ0) is 7.07. The lowest BCUT2D eigenvalue weighted by Gasteiger charge is -2.10. The van der Waals surface area contributed by atoms with E-state index in [1.807, 2.05) is 0 Å². The molecule has 0 heterocycles. The van der Waals surface area contributed by atoms with Crippen LogP contribution in [-0.4, -0.2) is 5.25 Å². The zero-order valence-electron chi connectivity index (χ0n) is 6.52. The van der Waals surface area contributed by atoms with Crippen molar-refractivity contribution in [1.29, 1.82) is 0 Å². The molecule has 1 aliphatic rings. The summed E-state index contributed by atoms with van der Waals surface area (Å²) in [6.45, 7) is 6.87. The summed E-state index contributed by atoms with van der Waals surface area (Å²) < 4.78 is 0. The Morgan fingerprint density at radius 3 is 2.33 bits per heavy atom. The van der Waals surface area contributed by atoms with Gasteiger partial charge < -0.3 is 0 Å². The first-order valence-corrected chi connectivity index (χ1v) is 4.24. The molecule has 0 amide bonds. The predicted molar refractivity (Wildman–Crippen MR) is 45.0 cm³/mol. The van der Waals surface area contributed by atoms with Gasteiger partial charge in [0, 0.05) is 0 Å². The molecule has 0 aromatic carbocycles. The number of hydrogen-bond donors (Lipinski definition) is 1. The summed E-state index contributed by atoms with van der Waals surface area (Å²) >= 11 is 4.37. The average molecular weight is 144 g/mol. The molecular weight excluding hydrogens is 128 g/mol. The lowest BCUT2D eigenvalue weighted by Crippen LogP contribution is -2.03. The van der Waals surface area contributed by atoms with Gasteiger partial charge in [-0.2, -0.15) is 12.6 Å². The molecule has 1 fully saturated rings. The van der Waals surface area contributed by atoms with Crippen LogP contribution in [0.3, 0.4) is 0 Å².